The molecule has 0 fully saturated rings. The largest absolute Gasteiger partial charge is 0.497 e. The molecule has 1 amide bonds. The second-order valence-corrected chi connectivity index (χ2v) is 5.33. The molecule has 0 spiro atoms. The lowest BCUT2D eigenvalue weighted by Gasteiger charge is -2.32. The van der Waals surface area contributed by atoms with E-state index in [4.69, 9.17) is 33.2 Å². The number of nitrogens with zero attached hydrogens (tertiary/aromatic N) is 1. The zero-order chi connectivity index (χ0) is 17.1. The fourth-order valence-corrected chi connectivity index (χ4v) is 2.96. The number of carbonyl (C=O) groups is 1. The summed E-state index contributed by atoms with van der Waals surface area (Å²) < 4.78 is 10.5. The molecular formula is C15H16N4O3S. The van der Waals surface area contributed by atoms with Gasteiger partial charge < -0.3 is 26.3 Å². The van der Waals surface area contributed by atoms with E-state index in [1.807, 2.05) is 6.07 Å². The average Bonchev–Trinajstić information content (AvgIpc) is 2.53. The Morgan fingerprint density at radius 3 is 2.61 bits per heavy atom. The number of hydrogen-bond acceptors (Lipinski definition) is 6. The predicted molar refractivity (Wildman–Crippen MR) is 87.5 cm³/mol. The fourth-order valence-electron chi connectivity index (χ4n) is 2.60. The van der Waals surface area contributed by atoms with Gasteiger partial charge in [-0.05, 0) is 6.07 Å². The number of primary amides is 1. The number of nitrogens with two attached hydrogens (primary N) is 2. The van der Waals surface area contributed by atoms with Crippen LogP contribution in [0, 0.1) is 17.2 Å². The number of benzene rings is 1. The number of nitriles is 1. The van der Waals surface area contributed by atoms with Gasteiger partial charge in [0.2, 0.25) is 5.91 Å². The Balaban J connectivity index is 2.69. The van der Waals surface area contributed by atoms with Gasteiger partial charge in [0.15, 0.2) is 0 Å². The third kappa shape index (κ3) is 2.91. The third-order valence-electron chi connectivity index (χ3n) is 3.68. The lowest BCUT2D eigenvalue weighted by molar-refractivity contribution is -0.120. The van der Waals surface area contributed by atoms with Crippen molar-refractivity contribution >= 4 is 23.1 Å². The molecule has 23 heavy (non-hydrogen) atoms. The van der Waals surface area contributed by atoms with Crippen molar-refractivity contribution in [3.8, 4) is 17.6 Å². The molecule has 0 radical (unpaired) electrons. The average molecular weight is 332 g/mol. The first kappa shape index (κ1) is 16.6. The summed E-state index contributed by atoms with van der Waals surface area (Å²) in [5, 5.41) is 12.1. The van der Waals surface area contributed by atoms with Crippen LogP contribution < -0.4 is 26.3 Å². The molecule has 0 unspecified atom stereocenters. The van der Waals surface area contributed by atoms with Crippen LogP contribution in [0.3, 0.4) is 0 Å². The first-order valence-electron chi connectivity index (χ1n) is 6.66. The van der Waals surface area contributed by atoms with Crippen molar-refractivity contribution in [3.05, 3.63) is 35.2 Å². The molecule has 120 valence electrons. The SMILES string of the molecule is COc1ccc([C@H]2C(C#N)=C(N)NC(=S)[C@H]2C(N)=O)c(OC)c1. The number of methoxy groups -OCH3 is 2. The summed E-state index contributed by atoms with van der Waals surface area (Å²) >= 11 is 5.19. The van der Waals surface area contributed by atoms with E-state index in [1.165, 1.54) is 14.2 Å². The summed E-state index contributed by atoms with van der Waals surface area (Å²) in [6.07, 6.45) is 0. The summed E-state index contributed by atoms with van der Waals surface area (Å²) in [5.74, 6) is -1.12. The summed E-state index contributed by atoms with van der Waals surface area (Å²) in [6, 6.07) is 7.09. The highest BCUT2D eigenvalue weighted by molar-refractivity contribution is 7.80. The van der Waals surface area contributed by atoms with Crippen LogP contribution in [-0.4, -0.2) is 25.1 Å². The quantitative estimate of drug-likeness (QED) is 0.686. The van der Waals surface area contributed by atoms with E-state index < -0.39 is 17.7 Å². The van der Waals surface area contributed by atoms with Gasteiger partial charge >= 0.3 is 0 Å². The fraction of sp³-hybridized carbons (Fsp3) is 0.267. The first-order valence-corrected chi connectivity index (χ1v) is 7.07. The molecule has 2 atom stereocenters. The Labute approximate surface area is 138 Å². The Morgan fingerprint density at radius 1 is 1.39 bits per heavy atom. The number of allylic oxidation sites excluding steroid dienone is 1. The van der Waals surface area contributed by atoms with E-state index in [9.17, 15) is 10.1 Å². The first-order chi connectivity index (χ1) is 10.9. The highest BCUT2D eigenvalue weighted by Gasteiger charge is 2.41. The van der Waals surface area contributed by atoms with Crippen molar-refractivity contribution in [3.63, 3.8) is 0 Å². The molecule has 1 aromatic carbocycles. The van der Waals surface area contributed by atoms with Crippen LogP contribution in [0.5, 0.6) is 11.5 Å². The van der Waals surface area contributed by atoms with Crippen molar-refractivity contribution in [2.75, 3.05) is 14.2 Å². The number of nitrogens with one attached hydrogen (secondary N) is 1. The molecule has 0 bridgehead atoms. The normalized spacial score (nSPS) is 20.5. The van der Waals surface area contributed by atoms with Gasteiger partial charge in [0.25, 0.3) is 0 Å². The molecule has 0 aromatic heterocycles. The minimum Gasteiger partial charge on any atom is -0.497 e. The van der Waals surface area contributed by atoms with Gasteiger partial charge in [-0.15, -0.1) is 0 Å². The van der Waals surface area contributed by atoms with Gasteiger partial charge in [-0.25, -0.2) is 0 Å². The Bertz CT molecular complexity index is 739. The Hall–Kier alpha value is -2.79. The molecule has 0 aliphatic carbocycles. The second kappa shape index (κ2) is 6.54. The van der Waals surface area contributed by atoms with Gasteiger partial charge in [-0.1, -0.05) is 18.3 Å². The summed E-state index contributed by atoms with van der Waals surface area (Å²) in [5.41, 5.74) is 12.1. The highest BCUT2D eigenvalue weighted by Crippen LogP contribution is 2.41. The van der Waals surface area contributed by atoms with Gasteiger partial charge in [0.1, 0.15) is 23.2 Å². The van der Waals surface area contributed by atoms with E-state index in [2.05, 4.69) is 5.32 Å². The van der Waals surface area contributed by atoms with Gasteiger partial charge in [-0.3, -0.25) is 4.79 Å². The van der Waals surface area contributed by atoms with Crippen LogP contribution in [0.4, 0.5) is 0 Å². The number of thiocarbonyl (C=S) groups is 1. The molecule has 5 N–H and O–H groups in total. The minimum atomic E-state index is -0.894. The standard InChI is InChI=1S/C15H16N4O3S/c1-21-7-3-4-8(10(5-7)22-2)11-9(6-16)13(17)19-15(23)12(11)14(18)20/h3-5,11-12H,17H2,1-2H3,(H2,18,20)(H,19,23)/t11-,12+/m0/s1. The van der Waals surface area contributed by atoms with Crippen molar-refractivity contribution in [2.45, 2.75) is 5.92 Å². The van der Waals surface area contributed by atoms with Crippen molar-refractivity contribution in [1.82, 2.24) is 5.32 Å². The lowest BCUT2D eigenvalue weighted by Crippen LogP contribution is -2.47. The second-order valence-electron chi connectivity index (χ2n) is 4.89. The van der Waals surface area contributed by atoms with E-state index in [0.29, 0.717) is 17.1 Å². The topological polar surface area (TPSA) is 123 Å². The molecule has 8 heteroatoms. The molecule has 1 aromatic rings. The maximum Gasteiger partial charge on any atom is 0.228 e. The van der Waals surface area contributed by atoms with E-state index in [1.54, 1.807) is 18.2 Å². The predicted octanol–water partition coefficient (Wildman–Crippen LogP) is 0.513. The molecule has 1 heterocycles. The van der Waals surface area contributed by atoms with Crippen LogP contribution >= 0.6 is 12.2 Å². The summed E-state index contributed by atoms with van der Waals surface area (Å²) in [7, 11) is 3.01. The summed E-state index contributed by atoms with van der Waals surface area (Å²) in [4.78, 5) is 12.1. The lowest BCUT2D eigenvalue weighted by atomic mass is 9.77. The highest BCUT2D eigenvalue weighted by atomic mass is 32.1. The molecular weight excluding hydrogens is 316 g/mol. The zero-order valence-electron chi connectivity index (χ0n) is 12.6. The van der Waals surface area contributed by atoms with Crippen molar-refractivity contribution in [2.24, 2.45) is 17.4 Å². The number of amides is 1. The van der Waals surface area contributed by atoms with Crippen molar-refractivity contribution < 1.29 is 14.3 Å². The Morgan fingerprint density at radius 2 is 2.09 bits per heavy atom. The molecule has 0 saturated heterocycles. The van der Waals surface area contributed by atoms with Gasteiger partial charge in [0, 0.05) is 17.5 Å². The van der Waals surface area contributed by atoms with Crippen LogP contribution in [0.2, 0.25) is 0 Å². The maximum absolute atomic E-state index is 11.9. The smallest absolute Gasteiger partial charge is 0.228 e. The number of ether oxygens (including phenoxy) is 2. The molecule has 1 aliphatic rings. The zero-order valence-corrected chi connectivity index (χ0v) is 13.4. The van der Waals surface area contributed by atoms with E-state index >= 15 is 0 Å². The number of carbonyl (C=O) groups excluding carboxylic acids is 1. The number of hydrogen-bond donors (Lipinski definition) is 3. The van der Waals surface area contributed by atoms with Gasteiger partial charge in [-0.2, -0.15) is 5.26 Å². The van der Waals surface area contributed by atoms with Crippen molar-refractivity contribution in [1.29, 1.82) is 5.26 Å². The number of rotatable bonds is 4. The molecule has 1 aliphatic heterocycles. The Kier molecular flexibility index (Phi) is 4.71. The van der Waals surface area contributed by atoms with Crippen LogP contribution in [0.25, 0.3) is 0 Å². The van der Waals surface area contributed by atoms with Crippen LogP contribution in [0.15, 0.2) is 29.6 Å². The van der Waals surface area contributed by atoms with E-state index in [0.717, 1.165) is 0 Å². The maximum atomic E-state index is 11.9. The molecule has 0 saturated carbocycles. The third-order valence-corrected chi connectivity index (χ3v) is 4.03. The van der Waals surface area contributed by atoms with E-state index in [-0.39, 0.29) is 16.4 Å². The van der Waals surface area contributed by atoms with Crippen LogP contribution in [0.1, 0.15) is 11.5 Å². The monoisotopic (exact) mass is 332 g/mol. The minimum absolute atomic E-state index is 0.109. The van der Waals surface area contributed by atoms with Gasteiger partial charge in [0.05, 0.1) is 30.9 Å². The molecule has 7 nitrogen and oxygen atoms in total. The van der Waals surface area contributed by atoms with Crippen LogP contribution in [-0.2, 0) is 4.79 Å². The molecule has 2 rings (SSSR count). The summed E-state index contributed by atoms with van der Waals surface area (Å²) in [6.45, 7) is 0.